The Kier molecular flexibility index (Phi) is 4.42. The van der Waals surface area contributed by atoms with Crippen LogP contribution < -0.4 is 11.2 Å². The quantitative estimate of drug-likeness (QED) is 0.512. The molecule has 3 heterocycles. The summed E-state index contributed by atoms with van der Waals surface area (Å²) >= 11 is 6.22. The molecule has 29 heavy (non-hydrogen) atoms. The molecule has 0 aliphatic heterocycles. The first-order valence-electron chi connectivity index (χ1n) is 8.83. The van der Waals surface area contributed by atoms with Crippen molar-refractivity contribution in [1.82, 2.24) is 28.5 Å². The Morgan fingerprint density at radius 1 is 1.14 bits per heavy atom. The highest BCUT2D eigenvalue weighted by Crippen LogP contribution is 2.24. The van der Waals surface area contributed by atoms with Crippen molar-refractivity contribution in [2.24, 2.45) is 14.1 Å². The van der Waals surface area contributed by atoms with E-state index in [4.69, 9.17) is 11.6 Å². The smallest absolute Gasteiger partial charge is 0.298 e. The molecule has 4 aromatic rings. The minimum atomic E-state index is -0.532. The number of fused-ring (bicyclic) bond motifs is 1. The topological polar surface area (TPSA) is 79.6 Å². The highest BCUT2D eigenvalue weighted by atomic mass is 35.5. The predicted octanol–water partition coefficient (Wildman–Crippen LogP) is 2.08. The lowest BCUT2D eigenvalue weighted by Gasteiger charge is -2.12. The zero-order valence-electron chi connectivity index (χ0n) is 16.3. The minimum Gasteiger partial charge on any atom is -0.298 e. The average Bonchev–Trinajstić information content (AvgIpc) is 3.20. The van der Waals surface area contributed by atoms with E-state index in [1.807, 2.05) is 19.9 Å². The fourth-order valence-corrected chi connectivity index (χ4v) is 3.64. The van der Waals surface area contributed by atoms with Crippen LogP contribution >= 0.6 is 11.6 Å². The van der Waals surface area contributed by atoms with Crippen molar-refractivity contribution < 1.29 is 4.39 Å². The molecule has 0 N–H and O–H groups in total. The van der Waals surface area contributed by atoms with Gasteiger partial charge in [-0.2, -0.15) is 10.1 Å². The van der Waals surface area contributed by atoms with Crippen molar-refractivity contribution in [3.63, 3.8) is 0 Å². The van der Waals surface area contributed by atoms with Crippen LogP contribution in [0.3, 0.4) is 0 Å². The number of hydrogen-bond donors (Lipinski definition) is 0. The van der Waals surface area contributed by atoms with E-state index >= 15 is 0 Å². The Morgan fingerprint density at radius 2 is 1.86 bits per heavy atom. The van der Waals surface area contributed by atoms with Crippen molar-refractivity contribution in [3.8, 4) is 5.95 Å². The monoisotopic (exact) mass is 416 g/mol. The second-order valence-corrected chi connectivity index (χ2v) is 7.32. The van der Waals surface area contributed by atoms with Crippen molar-refractivity contribution in [2.45, 2.75) is 20.4 Å². The van der Waals surface area contributed by atoms with Crippen molar-refractivity contribution in [1.29, 1.82) is 0 Å². The SMILES string of the molecule is Cc1cc(C)n(-c2nc3c(c(=O)n(C)c(=O)n3C)n2Cc2c(F)cccc2Cl)n1. The van der Waals surface area contributed by atoms with Crippen LogP contribution in [0.2, 0.25) is 5.02 Å². The van der Waals surface area contributed by atoms with Gasteiger partial charge in [0.2, 0.25) is 5.95 Å². The van der Waals surface area contributed by atoms with Gasteiger partial charge in [0.15, 0.2) is 11.2 Å². The van der Waals surface area contributed by atoms with Gasteiger partial charge >= 0.3 is 5.69 Å². The molecule has 0 bridgehead atoms. The standard InChI is InChI=1S/C19H18ClFN6O2/c1-10-8-11(2)27(23-10)18-22-16-15(17(28)25(4)19(29)24(16)3)26(18)9-12-13(20)6-5-7-14(12)21/h5-8H,9H2,1-4H3. The molecule has 1 aromatic carbocycles. The molecular weight excluding hydrogens is 399 g/mol. The molecule has 0 saturated carbocycles. The summed E-state index contributed by atoms with van der Waals surface area (Å²) < 4.78 is 19.9. The summed E-state index contributed by atoms with van der Waals surface area (Å²) in [5.41, 5.74) is 1.07. The van der Waals surface area contributed by atoms with Gasteiger partial charge in [-0.05, 0) is 32.0 Å². The fourth-order valence-electron chi connectivity index (χ4n) is 3.42. The molecule has 0 fully saturated rings. The Labute approximate surface area is 169 Å². The van der Waals surface area contributed by atoms with E-state index in [0.717, 1.165) is 16.0 Å². The predicted molar refractivity (Wildman–Crippen MR) is 107 cm³/mol. The third-order valence-corrected chi connectivity index (χ3v) is 5.26. The summed E-state index contributed by atoms with van der Waals surface area (Å²) in [7, 11) is 2.92. The number of aryl methyl sites for hydroxylation is 3. The zero-order chi connectivity index (χ0) is 21.0. The molecular formula is C19H18ClFN6O2. The maximum absolute atomic E-state index is 14.5. The largest absolute Gasteiger partial charge is 0.332 e. The van der Waals surface area contributed by atoms with Crippen LogP contribution in [-0.2, 0) is 20.6 Å². The van der Waals surface area contributed by atoms with Crippen LogP contribution in [0.25, 0.3) is 17.1 Å². The van der Waals surface area contributed by atoms with Crippen LogP contribution in [-0.4, -0.2) is 28.5 Å². The number of halogens is 2. The number of nitrogens with zero attached hydrogens (tertiary/aromatic N) is 6. The zero-order valence-corrected chi connectivity index (χ0v) is 17.0. The van der Waals surface area contributed by atoms with E-state index in [-0.39, 0.29) is 28.3 Å². The van der Waals surface area contributed by atoms with E-state index in [1.54, 1.807) is 15.3 Å². The Hall–Kier alpha value is -3.20. The first-order valence-corrected chi connectivity index (χ1v) is 9.21. The minimum absolute atomic E-state index is 0.0524. The number of imidazole rings is 1. The van der Waals surface area contributed by atoms with Gasteiger partial charge in [-0.25, -0.2) is 13.9 Å². The first-order chi connectivity index (χ1) is 13.7. The van der Waals surface area contributed by atoms with Crippen LogP contribution in [0.15, 0.2) is 33.9 Å². The van der Waals surface area contributed by atoms with Gasteiger partial charge in [-0.1, -0.05) is 17.7 Å². The molecule has 4 rings (SSSR count). The first kappa shape index (κ1) is 19.1. The maximum Gasteiger partial charge on any atom is 0.332 e. The molecule has 0 amide bonds. The molecule has 3 aromatic heterocycles. The Bertz CT molecular complexity index is 1370. The number of benzene rings is 1. The lowest BCUT2D eigenvalue weighted by Crippen LogP contribution is -2.37. The molecule has 0 saturated heterocycles. The number of rotatable bonds is 3. The fraction of sp³-hybridized carbons (Fsp3) is 0.263. The van der Waals surface area contributed by atoms with Crippen LogP contribution in [0.4, 0.5) is 4.39 Å². The second kappa shape index (κ2) is 6.70. The number of aromatic nitrogens is 6. The van der Waals surface area contributed by atoms with Crippen LogP contribution in [0.5, 0.6) is 0 Å². The summed E-state index contributed by atoms with van der Waals surface area (Å²) in [5, 5.41) is 4.67. The molecule has 0 atom stereocenters. The van der Waals surface area contributed by atoms with Gasteiger partial charge in [-0.3, -0.25) is 18.5 Å². The second-order valence-electron chi connectivity index (χ2n) is 6.92. The number of hydrogen-bond acceptors (Lipinski definition) is 4. The summed E-state index contributed by atoms with van der Waals surface area (Å²) in [4.78, 5) is 29.8. The third-order valence-electron chi connectivity index (χ3n) is 4.90. The Morgan fingerprint density at radius 3 is 2.48 bits per heavy atom. The van der Waals surface area contributed by atoms with Gasteiger partial charge < -0.3 is 0 Å². The van der Waals surface area contributed by atoms with Gasteiger partial charge in [0, 0.05) is 30.4 Å². The molecule has 0 radical (unpaired) electrons. The molecule has 10 heteroatoms. The van der Waals surface area contributed by atoms with E-state index in [1.165, 1.54) is 30.8 Å². The van der Waals surface area contributed by atoms with Crippen LogP contribution in [0, 0.1) is 19.7 Å². The highest BCUT2D eigenvalue weighted by Gasteiger charge is 2.23. The third kappa shape index (κ3) is 2.89. The molecule has 150 valence electrons. The summed E-state index contributed by atoms with van der Waals surface area (Å²) in [6.07, 6.45) is 0. The Balaban J connectivity index is 2.13. The summed E-state index contributed by atoms with van der Waals surface area (Å²) in [6.45, 7) is 3.62. The summed E-state index contributed by atoms with van der Waals surface area (Å²) in [5.74, 6) is -0.205. The van der Waals surface area contributed by atoms with E-state index in [2.05, 4.69) is 10.1 Å². The molecule has 0 spiro atoms. The maximum atomic E-state index is 14.5. The normalized spacial score (nSPS) is 11.5. The average molecular weight is 417 g/mol. The molecule has 0 aliphatic rings. The van der Waals surface area contributed by atoms with Gasteiger partial charge in [0.25, 0.3) is 5.56 Å². The van der Waals surface area contributed by atoms with Crippen molar-refractivity contribution in [2.75, 3.05) is 0 Å². The van der Waals surface area contributed by atoms with E-state index in [0.29, 0.717) is 5.95 Å². The van der Waals surface area contributed by atoms with Gasteiger partial charge in [0.05, 0.1) is 12.2 Å². The molecule has 0 unspecified atom stereocenters. The molecule has 8 nitrogen and oxygen atoms in total. The van der Waals surface area contributed by atoms with Gasteiger partial charge in [-0.15, -0.1) is 0 Å². The van der Waals surface area contributed by atoms with Crippen LogP contribution in [0.1, 0.15) is 17.0 Å². The highest BCUT2D eigenvalue weighted by molar-refractivity contribution is 6.31. The lowest BCUT2D eigenvalue weighted by atomic mass is 10.2. The molecule has 0 aliphatic carbocycles. The van der Waals surface area contributed by atoms with E-state index < -0.39 is 17.1 Å². The van der Waals surface area contributed by atoms with Crippen molar-refractivity contribution >= 4 is 22.8 Å². The summed E-state index contributed by atoms with van der Waals surface area (Å²) in [6, 6.07) is 6.25. The van der Waals surface area contributed by atoms with Crippen molar-refractivity contribution in [3.05, 3.63) is 72.9 Å². The van der Waals surface area contributed by atoms with Gasteiger partial charge in [0.1, 0.15) is 5.82 Å². The van der Waals surface area contributed by atoms with E-state index in [9.17, 15) is 14.0 Å². The lowest BCUT2D eigenvalue weighted by molar-refractivity contribution is 0.596.